The molecule has 2 rings (SSSR count). The third-order valence-electron chi connectivity index (χ3n) is 3.71. The quantitative estimate of drug-likeness (QED) is 0.873. The van der Waals surface area contributed by atoms with Gasteiger partial charge in [0, 0.05) is 17.6 Å². The number of carbonyl (C=O) groups is 1. The first-order chi connectivity index (χ1) is 9.19. The summed E-state index contributed by atoms with van der Waals surface area (Å²) in [6.45, 7) is 5.32. The van der Waals surface area contributed by atoms with Gasteiger partial charge in [0.2, 0.25) is 0 Å². The lowest BCUT2D eigenvalue weighted by Crippen LogP contribution is -2.46. The molecule has 0 radical (unpaired) electrons. The first kappa shape index (κ1) is 14.1. The SMILES string of the molecule is CCCc1ccc(C(=O)NC2CCNC(C)C2)cc1. The lowest BCUT2D eigenvalue weighted by atomic mass is 10.00. The summed E-state index contributed by atoms with van der Waals surface area (Å²) in [4.78, 5) is 12.2. The molecule has 0 aliphatic carbocycles. The molecule has 104 valence electrons. The highest BCUT2D eigenvalue weighted by molar-refractivity contribution is 5.94. The molecule has 2 atom stereocenters. The Morgan fingerprint density at radius 1 is 1.37 bits per heavy atom. The monoisotopic (exact) mass is 260 g/mol. The predicted octanol–water partition coefficient (Wildman–Crippen LogP) is 2.51. The summed E-state index contributed by atoms with van der Waals surface area (Å²) in [6.07, 6.45) is 4.25. The minimum absolute atomic E-state index is 0.0575. The molecule has 3 heteroatoms. The number of benzene rings is 1. The Kier molecular flexibility index (Phi) is 4.97. The van der Waals surface area contributed by atoms with Crippen LogP contribution >= 0.6 is 0 Å². The molecule has 1 aromatic rings. The van der Waals surface area contributed by atoms with Crippen LogP contribution in [0.25, 0.3) is 0 Å². The molecule has 1 heterocycles. The second-order valence-corrected chi connectivity index (χ2v) is 5.50. The molecule has 1 saturated heterocycles. The topological polar surface area (TPSA) is 41.1 Å². The maximum atomic E-state index is 12.2. The van der Waals surface area contributed by atoms with Gasteiger partial charge < -0.3 is 10.6 Å². The molecule has 1 amide bonds. The molecule has 2 unspecified atom stereocenters. The summed E-state index contributed by atoms with van der Waals surface area (Å²) in [5, 5.41) is 6.53. The second-order valence-electron chi connectivity index (χ2n) is 5.50. The number of aryl methyl sites for hydroxylation is 1. The van der Waals surface area contributed by atoms with Crippen LogP contribution in [0, 0.1) is 0 Å². The molecule has 3 nitrogen and oxygen atoms in total. The van der Waals surface area contributed by atoms with Gasteiger partial charge in [0.25, 0.3) is 5.91 Å². The van der Waals surface area contributed by atoms with Gasteiger partial charge in [0.1, 0.15) is 0 Å². The van der Waals surface area contributed by atoms with Crippen LogP contribution < -0.4 is 10.6 Å². The van der Waals surface area contributed by atoms with Crippen molar-refractivity contribution in [3.8, 4) is 0 Å². The molecule has 0 saturated carbocycles. The van der Waals surface area contributed by atoms with Crippen LogP contribution in [-0.4, -0.2) is 24.5 Å². The van der Waals surface area contributed by atoms with Crippen molar-refractivity contribution in [2.45, 2.75) is 51.6 Å². The van der Waals surface area contributed by atoms with E-state index < -0.39 is 0 Å². The summed E-state index contributed by atoms with van der Waals surface area (Å²) in [5.41, 5.74) is 2.07. The van der Waals surface area contributed by atoms with Crippen molar-refractivity contribution in [1.82, 2.24) is 10.6 Å². The number of rotatable bonds is 4. The second kappa shape index (κ2) is 6.71. The van der Waals surface area contributed by atoms with Crippen LogP contribution in [0.4, 0.5) is 0 Å². The third kappa shape index (κ3) is 4.06. The standard InChI is InChI=1S/C16H24N2O/c1-3-4-13-5-7-14(8-6-13)16(19)18-15-9-10-17-12(2)11-15/h5-8,12,15,17H,3-4,9-11H2,1-2H3,(H,18,19). The molecule has 1 aliphatic heterocycles. The van der Waals surface area contributed by atoms with Crippen molar-refractivity contribution >= 4 is 5.91 Å². The molecule has 0 bridgehead atoms. The van der Waals surface area contributed by atoms with Gasteiger partial charge in [0.15, 0.2) is 0 Å². The fraction of sp³-hybridized carbons (Fsp3) is 0.562. The highest BCUT2D eigenvalue weighted by atomic mass is 16.1. The third-order valence-corrected chi connectivity index (χ3v) is 3.71. The molecule has 2 N–H and O–H groups in total. The minimum atomic E-state index is 0.0575. The molecular formula is C16H24N2O. The zero-order chi connectivity index (χ0) is 13.7. The van der Waals surface area contributed by atoms with Gasteiger partial charge in [0.05, 0.1) is 0 Å². The fourth-order valence-electron chi connectivity index (χ4n) is 2.64. The van der Waals surface area contributed by atoms with E-state index >= 15 is 0 Å². The van der Waals surface area contributed by atoms with Crippen LogP contribution in [0.15, 0.2) is 24.3 Å². The van der Waals surface area contributed by atoms with E-state index in [-0.39, 0.29) is 5.91 Å². The van der Waals surface area contributed by atoms with Crippen molar-refractivity contribution in [3.05, 3.63) is 35.4 Å². The number of nitrogens with one attached hydrogen (secondary N) is 2. The van der Waals surface area contributed by atoms with Crippen molar-refractivity contribution < 1.29 is 4.79 Å². The zero-order valence-corrected chi connectivity index (χ0v) is 11.9. The van der Waals surface area contributed by atoms with Gasteiger partial charge >= 0.3 is 0 Å². The Hall–Kier alpha value is -1.35. The van der Waals surface area contributed by atoms with Gasteiger partial charge in [-0.25, -0.2) is 0 Å². The summed E-state index contributed by atoms with van der Waals surface area (Å²) in [7, 11) is 0. The first-order valence-electron chi connectivity index (χ1n) is 7.32. The van der Waals surface area contributed by atoms with Crippen molar-refractivity contribution in [2.24, 2.45) is 0 Å². The van der Waals surface area contributed by atoms with E-state index in [2.05, 4.69) is 36.6 Å². The predicted molar refractivity (Wildman–Crippen MR) is 78.4 cm³/mol. The molecule has 0 aromatic heterocycles. The molecular weight excluding hydrogens is 236 g/mol. The maximum absolute atomic E-state index is 12.2. The van der Waals surface area contributed by atoms with Gasteiger partial charge in [-0.1, -0.05) is 25.5 Å². The van der Waals surface area contributed by atoms with Crippen LogP contribution in [-0.2, 0) is 6.42 Å². The van der Waals surface area contributed by atoms with Crippen molar-refractivity contribution in [3.63, 3.8) is 0 Å². The lowest BCUT2D eigenvalue weighted by molar-refractivity contribution is 0.0925. The highest BCUT2D eigenvalue weighted by Gasteiger charge is 2.20. The lowest BCUT2D eigenvalue weighted by Gasteiger charge is -2.28. The number of piperidine rings is 1. The smallest absolute Gasteiger partial charge is 0.251 e. The Bertz CT molecular complexity index is 413. The summed E-state index contributed by atoms with van der Waals surface area (Å²) >= 11 is 0. The zero-order valence-electron chi connectivity index (χ0n) is 11.9. The Morgan fingerprint density at radius 2 is 2.11 bits per heavy atom. The Labute approximate surface area is 115 Å². The fourth-order valence-corrected chi connectivity index (χ4v) is 2.64. The average molecular weight is 260 g/mol. The Balaban J connectivity index is 1.91. The van der Waals surface area contributed by atoms with Gasteiger partial charge in [-0.05, 0) is 50.4 Å². The van der Waals surface area contributed by atoms with Crippen molar-refractivity contribution in [1.29, 1.82) is 0 Å². The first-order valence-corrected chi connectivity index (χ1v) is 7.32. The van der Waals surface area contributed by atoms with E-state index in [0.29, 0.717) is 12.1 Å². The molecule has 19 heavy (non-hydrogen) atoms. The number of hydrogen-bond acceptors (Lipinski definition) is 2. The largest absolute Gasteiger partial charge is 0.349 e. The van der Waals surface area contributed by atoms with Crippen LogP contribution in [0.3, 0.4) is 0 Å². The van der Waals surface area contributed by atoms with Crippen LogP contribution in [0.5, 0.6) is 0 Å². The van der Waals surface area contributed by atoms with E-state index in [9.17, 15) is 4.79 Å². The van der Waals surface area contributed by atoms with E-state index in [0.717, 1.165) is 37.8 Å². The summed E-state index contributed by atoms with van der Waals surface area (Å²) in [6, 6.07) is 8.79. The maximum Gasteiger partial charge on any atom is 0.251 e. The van der Waals surface area contributed by atoms with Crippen LogP contribution in [0.2, 0.25) is 0 Å². The van der Waals surface area contributed by atoms with Gasteiger partial charge in [-0.3, -0.25) is 4.79 Å². The minimum Gasteiger partial charge on any atom is -0.349 e. The van der Waals surface area contributed by atoms with E-state index in [1.54, 1.807) is 0 Å². The number of carbonyl (C=O) groups excluding carboxylic acids is 1. The van der Waals surface area contributed by atoms with Gasteiger partial charge in [-0.2, -0.15) is 0 Å². The van der Waals surface area contributed by atoms with Crippen LogP contribution in [0.1, 0.15) is 49.0 Å². The molecule has 1 aliphatic rings. The van der Waals surface area contributed by atoms with E-state index in [4.69, 9.17) is 0 Å². The Morgan fingerprint density at radius 3 is 2.74 bits per heavy atom. The molecule has 0 spiro atoms. The van der Waals surface area contributed by atoms with Gasteiger partial charge in [-0.15, -0.1) is 0 Å². The normalized spacial score (nSPS) is 23.1. The van der Waals surface area contributed by atoms with Crippen molar-refractivity contribution in [2.75, 3.05) is 6.54 Å². The highest BCUT2D eigenvalue weighted by Crippen LogP contribution is 2.11. The number of hydrogen-bond donors (Lipinski definition) is 2. The van der Waals surface area contributed by atoms with E-state index in [1.165, 1.54) is 5.56 Å². The molecule has 1 fully saturated rings. The van der Waals surface area contributed by atoms with E-state index in [1.807, 2.05) is 12.1 Å². The average Bonchev–Trinajstić information content (AvgIpc) is 2.40. The molecule has 1 aromatic carbocycles. The summed E-state index contributed by atoms with van der Waals surface area (Å²) in [5.74, 6) is 0.0575. The summed E-state index contributed by atoms with van der Waals surface area (Å²) < 4.78 is 0. The number of amides is 1.